The van der Waals surface area contributed by atoms with E-state index >= 15 is 0 Å². The summed E-state index contributed by atoms with van der Waals surface area (Å²) < 4.78 is 20.4. The maximum Gasteiger partial charge on any atom is 0.341 e. The van der Waals surface area contributed by atoms with Crippen LogP contribution in [-0.2, 0) is 4.79 Å². The number of carbonyl (C=O) groups is 1. The maximum absolute atomic E-state index is 10.4. The van der Waals surface area contributed by atoms with Gasteiger partial charge in [-0.15, -0.1) is 0 Å². The summed E-state index contributed by atoms with van der Waals surface area (Å²) in [6.45, 7) is -0.295. The van der Waals surface area contributed by atoms with E-state index < -0.39 is 12.6 Å². The van der Waals surface area contributed by atoms with Gasteiger partial charge in [-0.2, -0.15) is 0 Å². The van der Waals surface area contributed by atoms with E-state index in [0.717, 1.165) is 0 Å². The van der Waals surface area contributed by atoms with Crippen LogP contribution < -0.4 is 18.9 Å². The number of carboxylic acids is 1. The first-order valence-corrected chi connectivity index (χ1v) is 4.53. The Labute approximate surface area is 91.3 Å². The van der Waals surface area contributed by atoms with Crippen molar-refractivity contribution >= 4 is 5.97 Å². The summed E-state index contributed by atoms with van der Waals surface area (Å²) >= 11 is 0. The molecule has 1 aliphatic heterocycles. The summed E-state index contributed by atoms with van der Waals surface area (Å²) in [5.41, 5.74) is 0. The monoisotopic (exact) mass is 226 g/mol. The lowest BCUT2D eigenvalue weighted by Crippen LogP contribution is -2.10. The molecule has 0 radical (unpaired) electrons. The average molecular weight is 226 g/mol. The lowest BCUT2D eigenvalue weighted by molar-refractivity contribution is -0.139. The Kier molecular flexibility index (Phi) is 2.72. The summed E-state index contributed by atoms with van der Waals surface area (Å²) in [4.78, 5) is 10.4. The fourth-order valence-corrected chi connectivity index (χ4v) is 1.32. The van der Waals surface area contributed by atoms with Crippen molar-refractivity contribution in [3.8, 4) is 23.0 Å². The van der Waals surface area contributed by atoms with Crippen molar-refractivity contribution in [1.29, 1.82) is 0 Å². The first kappa shape index (κ1) is 10.4. The highest BCUT2D eigenvalue weighted by atomic mass is 16.7. The van der Waals surface area contributed by atoms with Crippen molar-refractivity contribution in [3.05, 3.63) is 12.1 Å². The highest BCUT2D eigenvalue weighted by molar-refractivity contribution is 5.69. The van der Waals surface area contributed by atoms with Crippen LogP contribution in [0.4, 0.5) is 0 Å². The molecule has 2 rings (SSSR count). The molecule has 1 aromatic rings. The molecule has 6 nitrogen and oxygen atoms in total. The topological polar surface area (TPSA) is 74.2 Å². The fourth-order valence-electron chi connectivity index (χ4n) is 1.32. The largest absolute Gasteiger partial charge is 0.493 e. The predicted molar refractivity (Wildman–Crippen MR) is 52.2 cm³/mol. The van der Waals surface area contributed by atoms with E-state index in [9.17, 15) is 4.79 Å². The third-order valence-corrected chi connectivity index (χ3v) is 2.01. The number of fused-ring (bicyclic) bond motifs is 1. The lowest BCUT2D eigenvalue weighted by atomic mass is 10.3. The van der Waals surface area contributed by atoms with Crippen LogP contribution in [0.1, 0.15) is 0 Å². The third-order valence-electron chi connectivity index (χ3n) is 2.01. The van der Waals surface area contributed by atoms with Gasteiger partial charge in [0.25, 0.3) is 0 Å². The van der Waals surface area contributed by atoms with Crippen LogP contribution in [0, 0.1) is 0 Å². The minimum Gasteiger partial charge on any atom is -0.493 e. The van der Waals surface area contributed by atoms with Crippen LogP contribution in [0.15, 0.2) is 12.1 Å². The smallest absolute Gasteiger partial charge is 0.341 e. The molecule has 1 aromatic carbocycles. The minimum absolute atomic E-state index is 0.140. The number of ether oxygens (including phenoxy) is 4. The Bertz CT molecular complexity index is 414. The first-order chi connectivity index (χ1) is 7.70. The second-order valence-corrected chi connectivity index (χ2v) is 3.04. The summed E-state index contributed by atoms with van der Waals surface area (Å²) in [5, 5.41) is 8.51. The maximum atomic E-state index is 10.4. The highest BCUT2D eigenvalue weighted by Crippen LogP contribution is 2.41. The molecule has 0 unspecified atom stereocenters. The zero-order chi connectivity index (χ0) is 11.5. The number of benzene rings is 1. The quantitative estimate of drug-likeness (QED) is 0.821. The van der Waals surface area contributed by atoms with Gasteiger partial charge < -0.3 is 24.1 Å². The lowest BCUT2D eigenvalue weighted by Gasteiger charge is -2.09. The Balaban J connectivity index is 2.25. The number of hydrogen-bond acceptors (Lipinski definition) is 5. The molecule has 6 heteroatoms. The summed E-state index contributed by atoms with van der Waals surface area (Å²) in [6, 6.07) is 3.14. The van der Waals surface area contributed by atoms with Gasteiger partial charge in [-0.25, -0.2) is 4.79 Å². The van der Waals surface area contributed by atoms with Gasteiger partial charge in [-0.1, -0.05) is 0 Å². The molecule has 0 spiro atoms. The summed E-state index contributed by atoms with van der Waals surface area (Å²) in [5.74, 6) is 0.736. The molecule has 1 N–H and O–H groups in total. The second-order valence-electron chi connectivity index (χ2n) is 3.04. The SMILES string of the molecule is COc1cc2c(cc1OCC(=O)O)OCO2. The van der Waals surface area contributed by atoms with E-state index in [0.29, 0.717) is 23.0 Å². The molecule has 0 aliphatic carbocycles. The van der Waals surface area contributed by atoms with Gasteiger partial charge in [0.2, 0.25) is 6.79 Å². The van der Waals surface area contributed by atoms with Crippen molar-refractivity contribution in [2.75, 3.05) is 20.5 Å². The average Bonchev–Trinajstić information content (AvgIpc) is 2.71. The fraction of sp³-hybridized carbons (Fsp3) is 0.300. The minimum atomic E-state index is -1.06. The van der Waals surface area contributed by atoms with Gasteiger partial charge in [0.05, 0.1) is 7.11 Å². The van der Waals surface area contributed by atoms with Crippen LogP contribution in [0.3, 0.4) is 0 Å². The number of carboxylic acid groups (broad SMARTS) is 1. The van der Waals surface area contributed by atoms with Gasteiger partial charge in [-0.3, -0.25) is 0 Å². The van der Waals surface area contributed by atoms with E-state index in [1.54, 1.807) is 12.1 Å². The predicted octanol–water partition coefficient (Wildman–Crippen LogP) is 0.887. The second kappa shape index (κ2) is 4.18. The Morgan fingerprint density at radius 3 is 2.56 bits per heavy atom. The normalized spacial score (nSPS) is 12.3. The van der Waals surface area contributed by atoms with Crippen molar-refractivity contribution in [1.82, 2.24) is 0 Å². The van der Waals surface area contributed by atoms with Crippen molar-refractivity contribution in [2.45, 2.75) is 0 Å². The zero-order valence-electron chi connectivity index (χ0n) is 8.56. The molecule has 0 bridgehead atoms. The van der Waals surface area contributed by atoms with Crippen LogP contribution in [0.2, 0.25) is 0 Å². The number of rotatable bonds is 4. The molecular weight excluding hydrogens is 216 g/mol. The van der Waals surface area contributed by atoms with Crippen molar-refractivity contribution < 1.29 is 28.8 Å². The van der Waals surface area contributed by atoms with Gasteiger partial charge in [-0.05, 0) is 0 Å². The van der Waals surface area contributed by atoms with Gasteiger partial charge >= 0.3 is 5.97 Å². The molecule has 86 valence electrons. The highest BCUT2D eigenvalue weighted by Gasteiger charge is 2.19. The molecule has 0 fully saturated rings. The van der Waals surface area contributed by atoms with E-state index in [2.05, 4.69) is 0 Å². The van der Waals surface area contributed by atoms with E-state index in [1.807, 2.05) is 0 Å². The Morgan fingerprint density at radius 1 is 1.38 bits per heavy atom. The van der Waals surface area contributed by atoms with Crippen LogP contribution >= 0.6 is 0 Å². The molecule has 0 atom stereocenters. The van der Waals surface area contributed by atoms with Gasteiger partial charge in [0.1, 0.15) is 0 Å². The standard InChI is InChI=1S/C10H10O6/c1-13-6-2-8-9(16-5-15-8)3-7(6)14-4-10(11)12/h2-3H,4-5H2,1H3,(H,11,12). The van der Waals surface area contributed by atoms with Crippen molar-refractivity contribution in [3.63, 3.8) is 0 Å². The van der Waals surface area contributed by atoms with Crippen LogP contribution in [0.5, 0.6) is 23.0 Å². The molecule has 1 heterocycles. The van der Waals surface area contributed by atoms with E-state index in [-0.39, 0.29) is 6.79 Å². The van der Waals surface area contributed by atoms with Gasteiger partial charge in [0.15, 0.2) is 29.6 Å². The van der Waals surface area contributed by atoms with Crippen molar-refractivity contribution in [2.24, 2.45) is 0 Å². The number of methoxy groups -OCH3 is 1. The molecule has 0 aromatic heterocycles. The third kappa shape index (κ3) is 1.95. The number of aliphatic carboxylic acids is 1. The summed E-state index contributed by atoms with van der Waals surface area (Å²) in [6.07, 6.45) is 0. The van der Waals surface area contributed by atoms with Gasteiger partial charge in [0, 0.05) is 12.1 Å². The zero-order valence-corrected chi connectivity index (χ0v) is 8.56. The molecule has 1 aliphatic rings. The Hall–Kier alpha value is -2.11. The van der Waals surface area contributed by atoms with E-state index in [1.165, 1.54) is 7.11 Å². The molecule has 0 saturated carbocycles. The van der Waals surface area contributed by atoms with E-state index in [4.69, 9.17) is 24.1 Å². The number of hydrogen-bond donors (Lipinski definition) is 1. The first-order valence-electron chi connectivity index (χ1n) is 4.53. The Morgan fingerprint density at radius 2 is 2.00 bits per heavy atom. The molecular formula is C10H10O6. The van der Waals surface area contributed by atoms with Crippen LogP contribution in [-0.4, -0.2) is 31.6 Å². The molecule has 0 saturated heterocycles. The van der Waals surface area contributed by atoms with Crippen LogP contribution in [0.25, 0.3) is 0 Å². The molecule has 0 amide bonds. The summed E-state index contributed by atoms with van der Waals surface area (Å²) in [7, 11) is 1.46. The molecule has 16 heavy (non-hydrogen) atoms.